The zero-order valence-corrected chi connectivity index (χ0v) is 20.3. The Hall–Kier alpha value is -3.63. The molecule has 10 heteroatoms. The Morgan fingerprint density at radius 3 is 2.71 bits per heavy atom. The number of amides is 2. The Balaban J connectivity index is 1.54. The maximum Gasteiger partial charge on any atom is 0.261 e. The first kappa shape index (κ1) is 23.5. The molecular formula is C24H23N5O3S2. The van der Waals surface area contributed by atoms with Crippen LogP contribution >= 0.6 is 23.1 Å². The molecule has 0 fully saturated rings. The monoisotopic (exact) mass is 493 g/mol. The van der Waals surface area contributed by atoms with E-state index in [1.165, 1.54) is 23.1 Å². The predicted octanol–water partition coefficient (Wildman–Crippen LogP) is 4.31. The van der Waals surface area contributed by atoms with Crippen molar-refractivity contribution in [2.24, 2.45) is 0 Å². The van der Waals surface area contributed by atoms with Crippen molar-refractivity contribution in [2.45, 2.75) is 18.6 Å². The lowest BCUT2D eigenvalue weighted by Gasteiger charge is -2.14. The quantitative estimate of drug-likeness (QED) is 0.337. The number of para-hydroxylation sites is 2. The average Bonchev–Trinajstić information content (AvgIpc) is 3.51. The first-order valence-corrected chi connectivity index (χ1v) is 12.3. The van der Waals surface area contributed by atoms with E-state index in [1.807, 2.05) is 66.9 Å². The summed E-state index contributed by atoms with van der Waals surface area (Å²) >= 11 is 2.62. The van der Waals surface area contributed by atoms with Gasteiger partial charge in [0.2, 0.25) is 5.91 Å². The summed E-state index contributed by atoms with van der Waals surface area (Å²) in [5, 5.41) is 16.7. The molecule has 8 nitrogen and oxygen atoms in total. The minimum Gasteiger partial charge on any atom is -0.495 e. The van der Waals surface area contributed by atoms with E-state index in [0.29, 0.717) is 21.6 Å². The van der Waals surface area contributed by atoms with E-state index >= 15 is 0 Å². The Morgan fingerprint density at radius 1 is 1.09 bits per heavy atom. The number of ether oxygens (including phenoxy) is 1. The third-order valence-electron chi connectivity index (χ3n) is 4.81. The normalized spacial score (nSPS) is 10.6. The molecule has 2 heterocycles. The molecule has 0 atom stereocenters. The van der Waals surface area contributed by atoms with Gasteiger partial charge in [0.15, 0.2) is 11.0 Å². The van der Waals surface area contributed by atoms with Crippen molar-refractivity contribution in [3.63, 3.8) is 0 Å². The first-order chi connectivity index (χ1) is 16.5. The summed E-state index contributed by atoms with van der Waals surface area (Å²) in [4.78, 5) is 25.6. The van der Waals surface area contributed by atoms with Gasteiger partial charge in [-0.05, 0) is 48.2 Å². The molecule has 174 valence electrons. The highest BCUT2D eigenvalue weighted by Crippen LogP contribution is 2.29. The number of rotatable bonds is 9. The second kappa shape index (κ2) is 11.0. The van der Waals surface area contributed by atoms with E-state index in [0.717, 1.165) is 16.9 Å². The molecule has 0 saturated heterocycles. The number of anilines is 1. The van der Waals surface area contributed by atoms with Crippen molar-refractivity contribution in [1.82, 2.24) is 20.1 Å². The van der Waals surface area contributed by atoms with Crippen LogP contribution in [-0.4, -0.2) is 39.4 Å². The van der Waals surface area contributed by atoms with Crippen LogP contribution in [0.2, 0.25) is 0 Å². The van der Waals surface area contributed by atoms with Crippen LogP contribution < -0.4 is 15.4 Å². The van der Waals surface area contributed by atoms with Crippen molar-refractivity contribution >= 4 is 40.6 Å². The second-order valence-corrected chi connectivity index (χ2v) is 9.16. The van der Waals surface area contributed by atoms with Crippen LogP contribution in [-0.2, 0) is 11.3 Å². The van der Waals surface area contributed by atoms with Gasteiger partial charge in [-0.15, -0.1) is 21.5 Å². The molecule has 0 unspecified atom stereocenters. The SMILES string of the molecule is COc1ccccc1-n1c(CNC(=O)c2cccs2)nnc1SCC(=O)Nc1cccc(C)c1. The van der Waals surface area contributed by atoms with E-state index in [4.69, 9.17) is 4.74 Å². The number of nitrogens with zero attached hydrogens (tertiary/aromatic N) is 3. The number of hydrogen-bond acceptors (Lipinski definition) is 7. The highest BCUT2D eigenvalue weighted by molar-refractivity contribution is 7.99. The van der Waals surface area contributed by atoms with Crippen LogP contribution in [0.5, 0.6) is 5.75 Å². The minimum absolute atomic E-state index is 0.142. The maximum absolute atomic E-state index is 12.6. The number of aromatic nitrogens is 3. The summed E-state index contributed by atoms with van der Waals surface area (Å²) in [6.07, 6.45) is 0. The Labute approximate surface area is 205 Å². The molecule has 0 bridgehead atoms. The fourth-order valence-corrected chi connectivity index (χ4v) is 4.67. The van der Waals surface area contributed by atoms with Gasteiger partial charge in [0.25, 0.3) is 5.91 Å². The van der Waals surface area contributed by atoms with E-state index in [2.05, 4.69) is 20.8 Å². The van der Waals surface area contributed by atoms with Gasteiger partial charge in [-0.2, -0.15) is 0 Å². The van der Waals surface area contributed by atoms with Crippen molar-refractivity contribution < 1.29 is 14.3 Å². The molecule has 4 rings (SSSR count). The van der Waals surface area contributed by atoms with Crippen molar-refractivity contribution in [2.75, 3.05) is 18.2 Å². The zero-order chi connectivity index (χ0) is 23.9. The smallest absolute Gasteiger partial charge is 0.261 e. The van der Waals surface area contributed by atoms with E-state index < -0.39 is 0 Å². The molecular weight excluding hydrogens is 470 g/mol. The third kappa shape index (κ3) is 5.64. The summed E-state index contributed by atoms with van der Waals surface area (Å²) in [6, 6.07) is 18.7. The Kier molecular flexibility index (Phi) is 7.61. The number of thiophene rings is 1. The predicted molar refractivity (Wildman–Crippen MR) is 134 cm³/mol. The molecule has 0 aliphatic heterocycles. The molecule has 0 spiro atoms. The van der Waals surface area contributed by atoms with Gasteiger partial charge in [-0.1, -0.05) is 42.1 Å². The summed E-state index contributed by atoms with van der Waals surface area (Å²) in [7, 11) is 1.59. The van der Waals surface area contributed by atoms with Gasteiger partial charge in [-0.25, -0.2) is 0 Å². The highest BCUT2D eigenvalue weighted by Gasteiger charge is 2.19. The van der Waals surface area contributed by atoms with Crippen LogP contribution in [0.3, 0.4) is 0 Å². The van der Waals surface area contributed by atoms with E-state index in [-0.39, 0.29) is 24.1 Å². The topological polar surface area (TPSA) is 98.1 Å². The first-order valence-electron chi connectivity index (χ1n) is 10.4. The minimum atomic E-state index is -0.184. The van der Waals surface area contributed by atoms with Crippen LogP contribution in [0, 0.1) is 6.92 Å². The number of benzene rings is 2. The standard InChI is InChI=1S/C24H23N5O3S2/c1-16-7-5-8-17(13-16)26-22(30)15-34-24-28-27-21(14-25-23(31)20-11-6-12-33-20)29(24)18-9-3-4-10-19(18)32-2/h3-13H,14-15H2,1-2H3,(H,25,31)(H,26,30). The summed E-state index contributed by atoms with van der Waals surface area (Å²) < 4.78 is 7.33. The average molecular weight is 494 g/mol. The molecule has 0 aliphatic rings. The van der Waals surface area contributed by atoms with E-state index in [1.54, 1.807) is 17.7 Å². The molecule has 0 radical (unpaired) electrons. The summed E-state index contributed by atoms with van der Waals surface area (Å²) in [5.74, 6) is 0.951. The van der Waals surface area contributed by atoms with Gasteiger partial charge in [-0.3, -0.25) is 14.2 Å². The number of methoxy groups -OCH3 is 1. The van der Waals surface area contributed by atoms with E-state index in [9.17, 15) is 9.59 Å². The number of hydrogen-bond donors (Lipinski definition) is 2. The molecule has 2 aromatic heterocycles. The molecule has 2 aromatic carbocycles. The maximum atomic E-state index is 12.6. The molecule has 2 amide bonds. The zero-order valence-electron chi connectivity index (χ0n) is 18.6. The third-order valence-corrected chi connectivity index (χ3v) is 6.61. The number of nitrogens with one attached hydrogen (secondary N) is 2. The number of aryl methyl sites for hydroxylation is 1. The molecule has 0 saturated carbocycles. The lowest BCUT2D eigenvalue weighted by molar-refractivity contribution is -0.113. The molecule has 0 aliphatic carbocycles. The van der Waals surface area contributed by atoms with Crippen molar-refractivity contribution in [3.05, 3.63) is 82.3 Å². The highest BCUT2D eigenvalue weighted by atomic mass is 32.2. The van der Waals surface area contributed by atoms with Gasteiger partial charge in [0.1, 0.15) is 5.75 Å². The van der Waals surface area contributed by atoms with Gasteiger partial charge in [0.05, 0.1) is 30.0 Å². The lowest BCUT2D eigenvalue weighted by Crippen LogP contribution is -2.24. The molecule has 34 heavy (non-hydrogen) atoms. The van der Waals surface area contributed by atoms with Crippen molar-refractivity contribution in [1.29, 1.82) is 0 Å². The fourth-order valence-electron chi connectivity index (χ4n) is 3.27. The Morgan fingerprint density at radius 2 is 1.94 bits per heavy atom. The summed E-state index contributed by atoms with van der Waals surface area (Å²) in [5.41, 5.74) is 2.53. The molecule has 4 aromatic rings. The van der Waals surface area contributed by atoms with Crippen LogP contribution in [0.1, 0.15) is 21.1 Å². The van der Waals surface area contributed by atoms with Crippen LogP contribution in [0.15, 0.2) is 71.2 Å². The van der Waals surface area contributed by atoms with Crippen LogP contribution in [0.25, 0.3) is 5.69 Å². The number of carbonyl (C=O) groups excluding carboxylic acids is 2. The second-order valence-electron chi connectivity index (χ2n) is 7.27. The van der Waals surface area contributed by atoms with Crippen molar-refractivity contribution in [3.8, 4) is 11.4 Å². The lowest BCUT2D eigenvalue weighted by atomic mass is 10.2. The summed E-state index contributed by atoms with van der Waals surface area (Å²) in [6.45, 7) is 2.14. The van der Waals surface area contributed by atoms with Gasteiger partial charge >= 0.3 is 0 Å². The van der Waals surface area contributed by atoms with Crippen LogP contribution in [0.4, 0.5) is 5.69 Å². The van der Waals surface area contributed by atoms with Gasteiger partial charge in [0, 0.05) is 5.69 Å². The fraction of sp³-hybridized carbons (Fsp3) is 0.167. The van der Waals surface area contributed by atoms with Gasteiger partial charge < -0.3 is 15.4 Å². The molecule has 2 N–H and O–H groups in total. The Bertz CT molecular complexity index is 1290. The number of thioether (sulfide) groups is 1. The largest absolute Gasteiger partial charge is 0.495 e. The number of carbonyl (C=O) groups is 2.